The van der Waals surface area contributed by atoms with E-state index < -0.39 is 0 Å². The Morgan fingerprint density at radius 2 is 2.19 bits per heavy atom. The van der Waals surface area contributed by atoms with Crippen molar-refractivity contribution in [3.05, 3.63) is 22.7 Å². The summed E-state index contributed by atoms with van der Waals surface area (Å²) < 4.78 is 6.15. The van der Waals surface area contributed by atoms with Crippen molar-refractivity contribution in [2.24, 2.45) is 0 Å². The van der Waals surface area contributed by atoms with Crippen LogP contribution >= 0.6 is 15.9 Å². The molecule has 0 spiro atoms. The SMILES string of the molecule is CC(=O)Nc1ccc(Br)cc1NC(=O)CC1COCCN1. The van der Waals surface area contributed by atoms with Crippen molar-refractivity contribution >= 4 is 39.1 Å². The summed E-state index contributed by atoms with van der Waals surface area (Å²) in [6, 6.07) is 5.32. The molecular formula is C14H18BrN3O3. The topological polar surface area (TPSA) is 79.5 Å². The van der Waals surface area contributed by atoms with Crippen molar-refractivity contribution in [1.82, 2.24) is 5.32 Å². The van der Waals surface area contributed by atoms with Crippen LogP contribution in [0.5, 0.6) is 0 Å². The monoisotopic (exact) mass is 355 g/mol. The Morgan fingerprint density at radius 1 is 1.38 bits per heavy atom. The minimum Gasteiger partial charge on any atom is -0.378 e. The number of anilines is 2. The standard InChI is InChI=1S/C14H18BrN3O3/c1-9(19)17-12-3-2-10(15)6-13(12)18-14(20)7-11-8-21-5-4-16-11/h2-3,6,11,16H,4-5,7-8H2,1H3,(H,17,19)(H,18,20). The van der Waals surface area contributed by atoms with Crippen LogP contribution in [0.1, 0.15) is 13.3 Å². The number of amides is 2. The lowest BCUT2D eigenvalue weighted by Gasteiger charge is -2.23. The van der Waals surface area contributed by atoms with E-state index in [1.165, 1.54) is 6.92 Å². The maximum atomic E-state index is 12.1. The molecule has 1 fully saturated rings. The quantitative estimate of drug-likeness (QED) is 0.768. The number of benzene rings is 1. The van der Waals surface area contributed by atoms with Gasteiger partial charge < -0.3 is 20.7 Å². The van der Waals surface area contributed by atoms with Crippen molar-refractivity contribution in [3.63, 3.8) is 0 Å². The Morgan fingerprint density at radius 3 is 2.86 bits per heavy atom. The van der Waals surface area contributed by atoms with Gasteiger partial charge in [0.2, 0.25) is 11.8 Å². The fourth-order valence-electron chi connectivity index (χ4n) is 2.09. The normalized spacial score (nSPS) is 18.1. The lowest BCUT2D eigenvalue weighted by Crippen LogP contribution is -2.43. The molecule has 0 aliphatic carbocycles. The first kappa shape index (κ1) is 15.9. The fourth-order valence-corrected chi connectivity index (χ4v) is 2.46. The molecule has 7 heteroatoms. The van der Waals surface area contributed by atoms with Crippen molar-refractivity contribution in [2.75, 3.05) is 30.4 Å². The van der Waals surface area contributed by atoms with Gasteiger partial charge in [-0.3, -0.25) is 9.59 Å². The minimum atomic E-state index is -0.185. The van der Waals surface area contributed by atoms with Crippen molar-refractivity contribution in [1.29, 1.82) is 0 Å². The Labute approximate surface area is 131 Å². The molecule has 1 saturated heterocycles. The van der Waals surface area contributed by atoms with Crippen LogP contribution in [-0.4, -0.2) is 37.6 Å². The Bertz CT molecular complexity index is 530. The van der Waals surface area contributed by atoms with Gasteiger partial charge in [-0.15, -0.1) is 0 Å². The van der Waals surface area contributed by atoms with Crippen molar-refractivity contribution < 1.29 is 14.3 Å². The predicted octanol–water partition coefficient (Wildman–Crippen LogP) is 1.72. The van der Waals surface area contributed by atoms with E-state index in [9.17, 15) is 9.59 Å². The molecular weight excluding hydrogens is 338 g/mol. The Kier molecular flexibility index (Phi) is 5.72. The first-order chi connectivity index (χ1) is 10.0. The molecule has 3 N–H and O–H groups in total. The number of carbonyl (C=O) groups excluding carboxylic acids is 2. The van der Waals surface area contributed by atoms with E-state index in [0.29, 0.717) is 31.0 Å². The van der Waals surface area contributed by atoms with E-state index in [1.807, 2.05) is 0 Å². The van der Waals surface area contributed by atoms with Crippen LogP contribution < -0.4 is 16.0 Å². The first-order valence-corrected chi connectivity index (χ1v) is 7.52. The largest absolute Gasteiger partial charge is 0.378 e. The minimum absolute atomic E-state index is 0.0233. The summed E-state index contributed by atoms with van der Waals surface area (Å²) in [5.74, 6) is -0.308. The number of halogens is 1. The van der Waals surface area contributed by atoms with Crippen LogP contribution in [0.2, 0.25) is 0 Å². The molecule has 1 aromatic carbocycles. The smallest absolute Gasteiger partial charge is 0.226 e. The molecule has 1 aliphatic rings. The molecule has 2 rings (SSSR count). The molecule has 21 heavy (non-hydrogen) atoms. The molecule has 1 heterocycles. The zero-order chi connectivity index (χ0) is 15.2. The molecule has 2 amide bonds. The number of hydrogen-bond acceptors (Lipinski definition) is 4. The third-order valence-corrected chi connectivity index (χ3v) is 3.49. The lowest BCUT2D eigenvalue weighted by atomic mass is 10.2. The average Bonchev–Trinajstić information content (AvgIpc) is 2.42. The highest BCUT2D eigenvalue weighted by Crippen LogP contribution is 2.26. The number of morpholine rings is 1. The number of carbonyl (C=O) groups is 2. The van der Waals surface area contributed by atoms with Gasteiger partial charge in [0.15, 0.2) is 0 Å². The highest BCUT2D eigenvalue weighted by Gasteiger charge is 2.17. The van der Waals surface area contributed by atoms with Crippen LogP contribution in [0.25, 0.3) is 0 Å². The van der Waals surface area contributed by atoms with E-state index in [0.717, 1.165) is 11.0 Å². The summed E-state index contributed by atoms with van der Waals surface area (Å²) >= 11 is 3.35. The van der Waals surface area contributed by atoms with Crippen LogP contribution in [0.15, 0.2) is 22.7 Å². The molecule has 114 valence electrons. The summed E-state index contributed by atoms with van der Waals surface area (Å²) in [5, 5.41) is 8.75. The van der Waals surface area contributed by atoms with E-state index in [1.54, 1.807) is 18.2 Å². The molecule has 1 aliphatic heterocycles. The number of rotatable bonds is 4. The van der Waals surface area contributed by atoms with Gasteiger partial charge in [0, 0.05) is 30.4 Å². The fraction of sp³-hybridized carbons (Fsp3) is 0.429. The zero-order valence-corrected chi connectivity index (χ0v) is 13.3. The molecule has 0 saturated carbocycles. The summed E-state index contributed by atoms with van der Waals surface area (Å²) in [4.78, 5) is 23.3. The third-order valence-electron chi connectivity index (χ3n) is 3.00. The number of ether oxygens (including phenoxy) is 1. The highest BCUT2D eigenvalue weighted by atomic mass is 79.9. The van der Waals surface area contributed by atoms with E-state index in [4.69, 9.17) is 4.74 Å². The average molecular weight is 356 g/mol. The second kappa shape index (κ2) is 7.53. The van der Waals surface area contributed by atoms with Gasteiger partial charge in [-0.25, -0.2) is 0 Å². The van der Waals surface area contributed by atoms with Gasteiger partial charge in [0.25, 0.3) is 0 Å². The van der Waals surface area contributed by atoms with Gasteiger partial charge >= 0.3 is 0 Å². The second-order valence-corrected chi connectivity index (χ2v) is 5.77. The molecule has 1 atom stereocenters. The summed E-state index contributed by atoms with van der Waals surface area (Å²) in [7, 11) is 0. The predicted molar refractivity (Wildman–Crippen MR) is 84.3 cm³/mol. The van der Waals surface area contributed by atoms with E-state index in [2.05, 4.69) is 31.9 Å². The Hall–Kier alpha value is -1.44. The summed E-state index contributed by atoms with van der Waals surface area (Å²) in [6.45, 7) is 3.39. The molecule has 0 bridgehead atoms. The van der Waals surface area contributed by atoms with Gasteiger partial charge in [-0.05, 0) is 18.2 Å². The third kappa shape index (κ3) is 5.11. The molecule has 1 unspecified atom stereocenters. The lowest BCUT2D eigenvalue weighted by molar-refractivity contribution is -0.117. The van der Waals surface area contributed by atoms with Crippen molar-refractivity contribution in [2.45, 2.75) is 19.4 Å². The summed E-state index contributed by atoms with van der Waals surface area (Å²) in [5.41, 5.74) is 1.15. The van der Waals surface area contributed by atoms with E-state index >= 15 is 0 Å². The van der Waals surface area contributed by atoms with Gasteiger partial charge in [-0.2, -0.15) is 0 Å². The van der Waals surface area contributed by atoms with Crippen LogP contribution in [-0.2, 0) is 14.3 Å². The van der Waals surface area contributed by atoms with Crippen molar-refractivity contribution in [3.8, 4) is 0 Å². The second-order valence-electron chi connectivity index (χ2n) is 4.85. The first-order valence-electron chi connectivity index (χ1n) is 6.72. The van der Waals surface area contributed by atoms with Crippen LogP contribution in [0.4, 0.5) is 11.4 Å². The highest BCUT2D eigenvalue weighted by molar-refractivity contribution is 9.10. The molecule has 0 aromatic heterocycles. The van der Waals surface area contributed by atoms with Gasteiger partial charge in [-0.1, -0.05) is 15.9 Å². The number of hydrogen-bond donors (Lipinski definition) is 3. The maximum absolute atomic E-state index is 12.1. The zero-order valence-electron chi connectivity index (χ0n) is 11.7. The van der Waals surface area contributed by atoms with Gasteiger partial charge in [0.1, 0.15) is 0 Å². The number of nitrogens with one attached hydrogen (secondary N) is 3. The summed E-state index contributed by atoms with van der Waals surface area (Å²) in [6.07, 6.45) is 0.325. The molecule has 6 nitrogen and oxygen atoms in total. The van der Waals surface area contributed by atoms with Crippen LogP contribution in [0.3, 0.4) is 0 Å². The maximum Gasteiger partial charge on any atom is 0.226 e. The van der Waals surface area contributed by atoms with E-state index in [-0.39, 0.29) is 17.9 Å². The Balaban J connectivity index is 2.01. The van der Waals surface area contributed by atoms with Crippen LogP contribution in [0, 0.1) is 0 Å². The molecule has 0 radical (unpaired) electrons. The molecule has 1 aromatic rings. The van der Waals surface area contributed by atoms with Gasteiger partial charge in [0.05, 0.1) is 24.6 Å².